The van der Waals surface area contributed by atoms with Crippen LogP contribution in [0.4, 0.5) is 5.95 Å². The Labute approximate surface area is 280 Å². The first-order valence-electron chi connectivity index (χ1n) is 14.0. The van der Waals surface area contributed by atoms with Crippen LogP contribution in [0, 0.1) is 0 Å². The molecule has 1 N–H and O–H groups in total. The number of thioether (sulfide) groups is 1. The fraction of sp³-hybridized carbons (Fsp3) is 0.147. The number of halogens is 3. The summed E-state index contributed by atoms with van der Waals surface area (Å²) in [4.78, 5) is 18.5. The van der Waals surface area contributed by atoms with Crippen molar-refractivity contribution in [3.63, 3.8) is 0 Å². The molecule has 7 nitrogen and oxygen atoms in total. The van der Waals surface area contributed by atoms with Gasteiger partial charge in [0.05, 0.1) is 5.57 Å². The Morgan fingerprint density at radius 3 is 2.49 bits per heavy atom. The monoisotopic (exact) mass is 676 g/mol. The molecule has 4 aromatic carbocycles. The fourth-order valence-electron chi connectivity index (χ4n) is 4.90. The Morgan fingerprint density at radius 2 is 1.69 bits per heavy atom. The number of hydrogen-bond donors (Lipinski definition) is 1. The number of anilines is 1. The van der Waals surface area contributed by atoms with Crippen LogP contribution >= 0.6 is 46.6 Å². The minimum atomic E-state index is -0.630. The zero-order chi connectivity index (χ0) is 31.3. The molecule has 0 aliphatic carbocycles. The zero-order valence-corrected chi connectivity index (χ0v) is 27.1. The number of ether oxygens (including phenoxy) is 2. The molecule has 0 amide bonds. The van der Waals surface area contributed by atoms with Crippen LogP contribution in [0.2, 0.25) is 15.1 Å². The van der Waals surface area contributed by atoms with E-state index in [9.17, 15) is 4.79 Å². The number of nitrogens with zero attached hydrogens (tertiary/aromatic N) is 3. The van der Waals surface area contributed by atoms with Crippen molar-refractivity contribution in [2.45, 2.75) is 37.1 Å². The van der Waals surface area contributed by atoms with Gasteiger partial charge in [0.1, 0.15) is 25.0 Å². The molecule has 5 aromatic rings. The standard InChI is InChI=1S/C34H27Cl3N4O3S/c1-21-30(32(42)44-18-22-8-3-2-4-9-22)31(23-11-7-12-27(16-23)43-19-24-14-15-26(35)17-29(24)37)41-33(38-21)39-34(40-41)45-20-25-10-5-6-13-28(25)36/h2-17,31H,18-20H2,1H3,(H,38,39,40). The number of fused-ring (bicyclic) bond motifs is 1. The van der Waals surface area contributed by atoms with Crippen molar-refractivity contribution in [1.29, 1.82) is 0 Å². The van der Waals surface area contributed by atoms with E-state index in [1.165, 1.54) is 11.8 Å². The lowest BCUT2D eigenvalue weighted by molar-refractivity contribution is -0.140. The summed E-state index contributed by atoms with van der Waals surface area (Å²) in [5.74, 6) is 1.24. The first-order valence-corrected chi connectivity index (χ1v) is 16.2. The van der Waals surface area contributed by atoms with Crippen molar-refractivity contribution in [2.24, 2.45) is 0 Å². The van der Waals surface area contributed by atoms with Gasteiger partial charge in [-0.2, -0.15) is 4.98 Å². The highest BCUT2D eigenvalue weighted by atomic mass is 35.5. The van der Waals surface area contributed by atoms with Crippen LogP contribution in [0.5, 0.6) is 5.75 Å². The maximum absolute atomic E-state index is 13.7. The highest BCUT2D eigenvalue weighted by Crippen LogP contribution is 2.38. The molecule has 0 saturated carbocycles. The highest BCUT2D eigenvalue weighted by Gasteiger charge is 2.35. The fourth-order valence-corrected chi connectivity index (χ4v) is 6.48. The van der Waals surface area contributed by atoms with Crippen molar-refractivity contribution in [1.82, 2.24) is 14.8 Å². The summed E-state index contributed by atoms with van der Waals surface area (Å²) in [5, 5.41) is 10.4. The number of benzene rings is 4. The Hall–Kier alpha value is -3.95. The second-order valence-electron chi connectivity index (χ2n) is 10.3. The van der Waals surface area contributed by atoms with Gasteiger partial charge in [0.15, 0.2) is 0 Å². The maximum atomic E-state index is 13.7. The molecule has 0 radical (unpaired) electrons. The molecule has 1 aliphatic heterocycles. The first-order chi connectivity index (χ1) is 21.9. The van der Waals surface area contributed by atoms with Crippen LogP contribution in [0.15, 0.2) is 113 Å². The lowest BCUT2D eigenvalue weighted by Gasteiger charge is -2.28. The van der Waals surface area contributed by atoms with E-state index in [1.54, 1.807) is 16.8 Å². The SMILES string of the molecule is CC1=C(C(=O)OCc2ccccc2)C(c2cccc(OCc3ccc(Cl)cc3Cl)c2)n2nc(SCc3ccccc3Cl)nc2N1. The van der Waals surface area contributed by atoms with Gasteiger partial charge in [-0.1, -0.05) is 113 Å². The van der Waals surface area contributed by atoms with Crippen molar-refractivity contribution < 1.29 is 14.3 Å². The summed E-state index contributed by atoms with van der Waals surface area (Å²) in [6.45, 7) is 2.21. The van der Waals surface area contributed by atoms with Crippen molar-refractivity contribution in [3.05, 3.63) is 146 Å². The van der Waals surface area contributed by atoms with E-state index in [2.05, 4.69) is 5.32 Å². The minimum absolute atomic E-state index is 0.136. The summed E-state index contributed by atoms with van der Waals surface area (Å²) < 4.78 is 13.7. The number of nitrogens with one attached hydrogen (secondary N) is 1. The zero-order valence-electron chi connectivity index (χ0n) is 24.0. The van der Waals surface area contributed by atoms with E-state index in [-0.39, 0.29) is 13.2 Å². The van der Waals surface area contributed by atoms with Crippen molar-refractivity contribution in [2.75, 3.05) is 5.32 Å². The predicted octanol–water partition coefficient (Wildman–Crippen LogP) is 9.14. The summed E-state index contributed by atoms with van der Waals surface area (Å²) in [6.07, 6.45) is 0. The van der Waals surface area contributed by atoms with Gasteiger partial charge < -0.3 is 14.8 Å². The average Bonchev–Trinajstić information content (AvgIpc) is 3.45. The molecule has 1 unspecified atom stereocenters. The number of rotatable bonds is 10. The molecule has 45 heavy (non-hydrogen) atoms. The molecule has 0 bridgehead atoms. The molecule has 6 rings (SSSR count). The van der Waals surface area contributed by atoms with Crippen LogP contribution in [0.1, 0.15) is 35.2 Å². The number of hydrogen-bond acceptors (Lipinski definition) is 7. The maximum Gasteiger partial charge on any atom is 0.338 e. The van der Waals surface area contributed by atoms with Gasteiger partial charge in [-0.25, -0.2) is 9.48 Å². The lowest BCUT2D eigenvalue weighted by atomic mass is 9.95. The van der Waals surface area contributed by atoms with Gasteiger partial charge in [-0.3, -0.25) is 0 Å². The quantitative estimate of drug-likeness (QED) is 0.117. The third-order valence-electron chi connectivity index (χ3n) is 7.16. The van der Waals surface area contributed by atoms with Gasteiger partial charge in [0, 0.05) is 32.1 Å². The normalized spacial score (nSPS) is 14.1. The number of allylic oxidation sites excluding steroid dienone is 1. The molecule has 0 fully saturated rings. The summed E-state index contributed by atoms with van der Waals surface area (Å²) in [7, 11) is 0. The summed E-state index contributed by atoms with van der Waals surface area (Å²) in [6, 6.07) is 29.4. The highest BCUT2D eigenvalue weighted by molar-refractivity contribution is 7.98. The van der Waals surface area contributed by atoms with Crippen LogP contribution in [0.3, 0.4) is 0 Å². The first kappa shape index (κ1) is 31.0. The van der Waals surface area contributed by atoms with E-state index in [0.717, 1.165) is 22.3 Å². The van der Waals surface area contributed by atoms with E-state index >= 15 is 0 Å². The van der Waals surface area contributed by atoms with E-state index in [4.69, 9.17) is 54.4 Å². The molecule has 11 heteroatoms. The molecule has 0 spiro atoms. The Morgan fingerprint density at radius 1 is 0.889 bits per heavy atom. The Bertz CT molecular complexity index is 1880. The largest absolute Gasteiger partial charge is 0.489 e. The molecular formula is C34H27Cl3N4O3S. The molecule has 1 atom stereocenters. The van der Waals surface area contributed by atoms with E-state index in [0.29, 0.717) is 48.9 Å². The van der Waals surface area contributed by atoms with Crippen LogP contribution in [0.25, 0.3) is 0 Å². The number of aromatic nitrogens is 3. The van der Waals surface area contributed by atoms with Gasteiger partial charge in [-0.15, -0.1) is 5.10 Å². The molecule has 1 aromatic heterocycles. The van der Waals surface area contributed by atoms with Gasteiger partial charge in [0.25, 0.3) is 0 Å². The Balaban J connectivity index is 1.31. The van der Waals surface area contributed by atoms with Crippen molar-refractivity contribution in [3.8, 4) is 5.75 Å². The predicted molar refractivity (Wildman–Crippen MR) is 179 cm³/mol. The number of carbonyl (C=O) groups excluding carboxylic acids is 1. The minimum Gasteiger partial charge on any atom is -0.489 e. The van der Waals surface area contributed by atoms with E-state index in [1.807, 2.05) is 91.9 Å². The summed E-state index contributed by atoms with van der Waals surface area (Å²) >= 11 is 20.3. The molecule has 2 heterocycles. The molecular weight excluding hydrogens is 651 g/mol. The van der Waals surface area contributed by atoms with Crippen molar-refractivity contribution >= 4 is 58.5 Å². The number of esters is 1. The van der Waals surface area contributed by atoms with Gasteiger partial charge >= 0.3 is 5.97 Å². The Kier molecular flexibility index (Phi) is 9.66. The number of carbonyl (C=O) groups is 1. The topological polar surface area (TPSA) is 78.3 Å². The van der Waals surface area contributed by atoms with Crippen LogP contribution in [-0.2, 0) is 28.5 Å². The lowest BCUT2D eigenvalue weighted by Crippen LogP contribution is -2.29. The molecule has 1 aliphatic rings. The average molecular weight is 678 g/mol. The smallest absolute Gasteiger partial charge is 0.338 e. The summed E-state index contributed by atoms with van der Waals surface area (Å²) in [5.41, 5.74) is 4.49. The molecule has 228 valence electrons. The van der Waals surface area contributed by atoms with Gasteiger partial charge in [-0.05, 0) is 53.9 Å². The third-order valence-corrected chi connectivity index (χ3v) is 9.01. The third kappa shape index (κ3) is 7.31. The van der Waals surface area contributed by atoms with Gasteiger partial charge in [0.2, 0.25) is 11.1 Å². The second-order valence-corrected chi connectivity index (χ2v) is 12.5. The second kappa shape index (κ2) is 14.0. The van der Waals surface area contributed by atoms with Crippen LogP contribution in [-0.4, -0.2) is 20.7 Å². The van der Waals surface area contributed by atoms with E-state index < -0.39 is 12.0 Å². The molecule has 0 saturated heterocycles. The van der Waals surface area contributed by atoms with Crippen LogP contribution < -0.4 is 10.1 Å².